The Labute approximate surface area is 81.9 Å². The minimum absolute atomic E-state index is 0.887. The van der Waals surface area contributed by atoms with Crippen LogP contribution in [0.3, 0.4) is 0 Å². The normalized spacial score (nSPS) is 15.6. The summed E-state index contributed by atoms with van der Waals surface area (Å²) in [5, 5.41) is 4.51. The van der Waals surface area contributed by atoms with E-state index in [1.54, 1.807) is 0 Å². The van der Waals surface area contributed by atoms with E-state index in [0.717, 1.165) is 24.5 Å². The minimum Gasteiger partial charge on any atom is -0.368 e. The van der Waals surface area contributed by atoms with Crippen molar-refractivity contribution in [2.24, 2.45) is 4.99 Å². The first kappa shape index (κ1) is 7.62. The molecule has 0 aliphatic carbocycles. The summed E-state index contributed by atoms with van der Waals surface area (Å²) in [6.45, 7) is 1.84. The maximum absolute atomic E-state index is 4.39. The van der Waals surface area contributed by atoms with Gasteiger partial charge >= 0.3 is 0 Å². The first-order valence-corrected chi connectivity index (χ1v) is 4.79. The topological polar surface area (TPSA) is 40.2 Å². The van der Waals surface area contributed by atoms with Gasteiger partial charge in [-0.2, -0.15) is 0 Å². The number of amidine groups is 1. The number of nitrogens with one attached hydrogen (secondary N) is 2. The molecule has 2 heterocycles. The van der Waals surface area contributed by atoms with Gasteiger partial charge in [-0.1, -0.05) is 12.1 Å². The average molecular weight is 185 g/mol. The molecule has 0 bridgehead atoms. The Morgan fingerprint density at radius 3 is 3.07 bits per heavy atom. The number of aromatic amines is 1. The molecule has 2 aromatic rings. The van der Waals surface area contributed by atoms with E-state index in [2.05, 4.69) is 39.6 Å². The summed E-state index contributed by atoms with van der Waals surface area (Å²) in [7, 11) is 0. The summed E-state index contributed by atoms with van der Waals surface area (Å²) in [4.78, 5) is 7.59. The Morgan fingerprint density at radius 1 is 1.21 bits per heavy atom. The summed E-state index contributed by atoms with van der Waals surface area (Å²) >= 11 is 0. The van der Waals surface area contributed by atoms with E-state index in [1.165, 1.54) is 10.9 Å². The molecule has 0 unspecified atom stereocenters. The van der Waals surface area contributed by atoms with Crippen LogP contribution in [0.1, 0.15) is 5.56 Å². The van der Waals surface area contributed by atoms with E-state index < -0.39 is 0 Å². The maximum Gasteiger partial charge on any atom is 0.128 e. The van der Waals surface area contributed by atoms with Crippen molar-refractivity contribution >= 4 is 16.7 Å². The third kappa shape index (κ3) is 1.09. The van der Waals surface area contributed by atoms with E-state index >= 15 is 0 Å². The number of aromatic nitrogens is 1. The number of benzene rings is 1. The first-order valence-electron chi connectivity index (χ1n) is 4.79. The van der Waals surface area contributed by atoms with Gasteiger partial charge in [0.1, 0.15) is 5.84 Å². The fraction of sp³-hybridized carbons (Fsp3) is 0.182. The van der Waals surface area contributed by atoms with Crippen LogP contribution in [0.25, 0.3) is 10.9 Å². The molecule has 0 fully saturated rings. The highest BCUT2D eigenvalue weighted by Crippen LogP contribution is 2.14. The highest BCUT2D eigenvalue weighted by atomic mass is 15.1. The number of nitrogens with zero attached hydrogens (tertiary/aromatic N) is 1. The minimum atomic E-state index is 0.887. The smallest absolute Gasteiger partial charge is 0.128 e. The van der Waals surface area contributed by atoms with Crippen molar-refractivity contribution < 1.29 is 0 Å². The Hall–Kier alpha value is -1.77. The van der Waals surface area contributed by atoms with E-state index in [1.807, 2.05) is 6.20 Å². The molecule has 1 aromatic heterocycles. The SMILES string of the molecule is c1cc2ccc(C3=NCCN3)cc2[nH]1. The number of aliphatic imine (C=N–C) groups is 1. The number of H-pyrrole nitrogens is 1. The molecule has 0 spiro atoms. The average Bonchev–Trinajstić information content (AvgIpc) is 2.88. The lowest BCUT2D eigenvalue weighted by molar-refractivity contribution is 0.960. The molecule has 1 aliphatic heterocycles. The fourth-order valence-corrected chi connectivity index (χ4v) is 1.79. The molecule has 0 saturated carbocycles. The largest absolute Gasteiger partial charge is 0.368 e. The summed E-state index contributed by atoms with van der Waals surface area (Å²) in [6, 6.07) is 8.42. The van der Waals surface area contributed by atoms with Crippen molar-refractivity contribution in [3.8, 4) is 0 Å². The molecule has 0 saturated heterocycles. The predicted molar refractivity (Wildman–Crippen MR) is 57.7 cm³/mol. The third-order valence-electron chi connectivity index (χ3n) is 2.50. The number of fused-ring (bicyclic) bond motifs is 1. The maximum atomic E-state index is 4.39. The van der Waals surface area contributed by atoms with E-state index in [9.17, 15) is 0 Å². The molecular weight excluding hydrogens is 174 g/mol. The van der Waals surface area contributed by atoms with Gasteiger partial charge in [-0.3, -0.25) is 4.99 Å². The second-order valence-corrected chi connectivity index (χ2v) is 3.44. The van der Waals surface area contributed by atoms with Crippen molar-refractivity contribution in [3.63, 3.8) is 0 Å². The molecule has 2 N–H and O–H groups in total. The number of hydrogen-bond donors (Lipinski definition) is 2. The second kappa shape index (κ2) is 2.87. The number of rotatable bonds is 1. The molecular formula is C11H11N3. The van der Waals surface area contributed by atoms with Crippen LogP contribution >= 0.6 is 0 Å². The van der Waals surface area contributed by atoms with Crippen LogP contribution in [0.15, 0.2) is 35.5 Å². The van der Waals surface area contributed by atoms with Gasteiger partial charge in [0, 0.05) is 23.8 Å². The summed E-state index contributed by atoms with van der Waals surface area (Å²) < 4.78 is 0. The molecule has 3 heteroatoms. The molecule has 0 atom stereocenters. The lowest BCUT2D eigenvalue weighted by Gasteiger charge is -2.01. The molecule has 0 amide bonds. The zero-order chi connectivity index (χ0) is 9.38. The molecule has 1 aromatic carbocycles. The van der Waals surface area contributed by atoms with Crippen LogP contribution in [0.4, 0.5) is 0 Å². The highest BCUT2D eigenvalue weighted by molar-refractivity contribution is 6.02. The Morgan fingerprint density at radius 2 is 2.21 bits per heavy atom. The van der Waals surface area contributed by atoms with Gasteiger partial charge in [0.2, 0.25) is 0 Å². The van der Waals surface area contributed by atoms with Gasteiger partial charge in [0.15, 0.2) is 0 Å². The summed E-state index contributed by atoms with van der Waals surface area (Å²) in [5.74, 6) is 1.02. The van der Waals surface area contributed by atoms with Crippen molar-refractivity contribution in [3.05, 3.63) is 36.0 Å². The van der Waals surface area contributed by atoms with E-state index in [-0.39, 0.29) is 0 Å². The van der Waals surface area contributed by atoms with Crippen molar-refractivity contribution in [1.82, 2.24) is 10.3 Å². The zero-order valence-electron chi connectivity index (χ0n) is 7.75. The highest BCUT2D eigenvalue weighted by Gasteiger charge is 2.07. The van der Waals surface area contributed by atoms with E-state index in [0.29, 0.717) is 0 Å². The first-order chi connectivity index (χ1) is 6.93. The van der Waals surface area contributed by atoms with E-state index in [4.69, 9.17) is 0 Å². The van der Waals surface area contributed by atoms with Gasteiger partial charge in [0.05, 0.1) is 6.54 Å². The lowest BCUT2D eigenvalue weighted by Crippen LogP contribution is -2.19. The molecule has 70 valence electrons. The Kier molecular flexibility index (Phi) is 1.56. The van der Waals surface area contributed by atoms with Crippen LogP contribution < -0.4 is 5.32 Å². The van der Waals surface area contributed by atoms with Crippen LogP contribution in [-0.2, 0) is 0 Å². The van der Waals surface area contributed by atoms with Crippen LogP contribution in [-0.4, -0.2) is 23.9 Å². The number of hydrogen-bond acceptors (Lipinski definition) is 2. The van der Waals surface area contributed by atoms with Gasteiger partial charge < -0.3 is 10.3 Å². The van der Waals surface area contributed by atoms with Gasteiger partial charge in [-0.15, -0.1) is 0 Å². The van der Waals surface area contributed by atoms with Gasteiger partial charge in [0.25, 0.3) is 0 Å². The molecule has 3 nitrogen and oxygen atoms in total. The van der Waals surface area contributed by atoms with Gasteiger partial charge in [-0.25, -0.2) is 0 Å². The summed E-state index contributed by atoms with van der Waals surface area (Å²) in [5.41, 5.74) is 2.33. The molecule has 1 aliphatic rings. The van der Waals surface area contributed by atoms with Gasteiger partial charge in [-0.05, 0) is 17.5 Å². The molecule has 3 rings (SSSR count). The van der Waals surface area contributed by atoms with Crippen molar-refractivity contribution in [2.75, 3.05) is 13.1 Å². The lowest BCUT2D eigenvalue weighted by atomic mass is 10.1. The standard InChI is InChI=1S/C11H11N3/c1-2-9(11-13-5-6-14-11)7-10-8(1)3-4-12-10/h1-4,7,12H,5-6H2,(H,13,14). The summed E-state index contributed by atoms with van der Waals surface area (Å²) in [6.07, 6.45) is 1.96. The third-order valence-corrected chi connectivity index (χ3v) is 2.50. The monoisotopic (exact) mass is 185 g/mol. The molecule has 0 radical (unpaired) electrons. The van der Waals surface area contributed by atoms with Crippen molar-refractivity contribution in [2.45, 2.75) is 0 Å². The van der Waals surface area contributed by atoms with Crippen molar-refractivity contribution in [1.29, 1.82) is 0 Å². The fourth-order valence-electron chi connectivity index (χ4n) is 1.79. The quantitative estimate of drug-likeness (QED) is 0.694. The zero-order valence-corrected chi connectivity index (χ0v) is 7.75. The van der Waals surface area contributed by atoms with Crippen LogP contribution in [0.5, 0.6) is 0 Å². The van der Waals surface area contributed by atoms with Crippen LogP contribution in [0, 0.1) is 0 Å². The second-order valence-electron chi connectivity index (χ2n) is 3.44. The Balaban J connectivity index is 2.13. The van der Waals surface area contributed by atoms with Crippen LogP contribution in [0.2, 0.25) is 0 Å². The predicted octanol–water partition coefficient (Wildman–Crippen LogP) is 1.52. The Bertz CT molecular complexity index is 496. The molecule has 14 heavy (non-hydrogen) atoms.